The van der Waals surface area contributed by atoms with Crippen LogP contribution in [-0.2, 0) is 0 Å². The van der Waals surface area contributed by atoms with E-state index in [0.717, 1.165) is 5.56 Å². The van der Waals surface area contributed by atoms with Crippen LogP contribution in [-0.4, -0.2) is 5.11 Å². The van der Waals surface area contributed by atoms with Gasteiger partial charge in [0.25, 0.3) is 0 Å². The van der Waals surface area contributed by atoms with Crippen LogP contribution in [0.3, 0.4) is 0 Å². The van der Waals surface area contributed by atoms with E-state index in [0.29, 0.717) is 17.1 Å². The molecule has 1 atom stereocenters. The molecule has 1 N–H and O–H groups in total. The van der Waals surface area contributed by atoms with Crippen LogP contribution in [0.15, 0.2) is 42.5 Å². The highest BCUT2D eigenvalue weighted by atomic mass is 19.1. The van der Waals surface area contributed by atoms with Crippen molar-refractivity contribution in [3.63, 3.8) is 0 Å². The van der Waals surface area contributed by atoms with Gasteiger partial charge in [0.15, 0.2) is 0 Å². The standard InChI is InChI=1S/C15H15FO2/c1-10-9-12(16)7-8-14(10)18-15-6-4-3-5-13(15)11(2)17/h3-9,11,17H,1-2H3/t11-/m0/s1. The molecule has 0 aliphatic rings. The number of rotatable bonds is 3. The fourth-order valence-corrected chi connectivity index (χ4v) is 1.76. The van der Waals surface area contributed by atoms with E-state index in [9.17, 15) is 9.50 Å². The van der Waals surface area contributed by atoms with Crippen molar-refractivity contribution in [2.24, 2.45) is 0 Å². The van der Waals surface area contributed by atoms with E-state index in [1.807, 2.05) is 12.1 Å². The number of benzene rings is 2. The second kappa shape index (κ2) is 5.19. The summed E-state index contributed by atoms with van der Waals surface area (Å²) in [6, 6.07) is 11.6. The van der Waals surface area contributed by atoms with Gasteiger partial charge in [-0.3, -0.25) is 0 Å². The molecule has 0 saturated heterocycles. The summed E-state index contributed by atoms with van der Waals surface area (Å²) in [4.78, 5) is 0. The Kier molecular flexibility index (Phi) is 3.63. The Hall–Kier alpha value is -1.87. The second-order valence-electron chi connectivity index (χ2n) is 4.23. The molecule has 0 bridgehead atoms. The van der Waals surface area contributed by atoms with Crippen molar-refractivity contribution in [1.29, 1.82) is 0 Å². The maximum absolute atomic E-state index is 13.0. The van der Waals surface area contributed by atoms with Gasteiger partial charge >= 0.3 is 0 Å². The first-order valence-electron chi connectivity index (χ1n) is 5.79. The van der Waals surface area contributed by atoms with Crippen molar-refractivity contribution >= 4 is 0 Å². The van der Waals surface area contributed by atoms with Crippen LogP contribution in [0.4, 0.5) is 4.39 Å². The molecule has 0 spiro atoms. The Morgan fingerprint density at radius 2 is 1.83 bits per heavy atom. The molecule has 94 valence electrons. The van der Waals surface area contributed by atoms with Gasteiger partial charge in [-0.1, -0.05) is 18.2 Å². The number of hydrogen-bond donors (Lipinski definition) is 1. The lowest BCUT2D eigenvalue weighted by Crippen LogP contribution is -1.96. The molecule has 2 aromatic rings. The normalized spacial score (nSPS) is 12.2. The molecular formula is C15H15FO2. The number of halogens is 1. The molecule has 0 fully saturated rings. The summed E-state index contributed by atoms with van der Waals surface area (Å²) in [5, 5.41) is 9.66. The average Bonchev–Trinajstić information content (AvgIpc) is 2.33. The summed E-state index contributed by atoms with van der Waals surface area (Å²) in [5.74, 6) is 0.885. The summed E-state index contributed by atoms with van der Waals surface area (Å²) in [5.41, 5.74) is 1.43. The van der Waals surface area contributed by atoms with E-state index in [2.05, 4.69) is 0 Å². The van der Waals surface area contributed by atoms with Crippen LogP contribution in [0, 0.1) is 12.7 Å². The highest BCUT2D eigenvalue weighted by Gasteiger charge is 2.10. The van der Waals surface area contributed by atoms with Gasteiger partial charge in [0.05, 0.1) is 6.10 Å². The third-order valence-corrected chi connectivity index (χ3v) is 2.73. The third-order valence-electron chi connectivity index (χ3n) is 2.73. The first-order chi connectivity index (χ1) is 8.58. The topological polar surface area (TPSA) is 29.5 Å². The molecule has 2 aromatic carbocycles. The number of hydrogen-bond acceptors (Lipinski definition) is 2. The highest BCUT2D eigenvalue weighted by Crippen LogP contribution is 2.31. The van der Waals surface area contributed by atoms with Crippen molar-refractivity contribution in [3.05, 3.63) is 59.4 Å². The molecule has 0 amide bonds. The summed E-state index contributed by atoms with van der Waals surface area (Å²) in [7, 11) is 0. The molecule has 0 aliphatic heterocycles. The summed E-state index contributed by atoms with van der Waals surface area (Å²) in [6.07, 6.45) is -0.609. The lowest BCUT2D eigenvalue weighted by Gasteiger charge is -2.14. The Labute approximate surface area is 106 Å². The van der Waals surface area contributed by atoms with Gasteiger partial charge in [0, 0.05) is 5.56 Å². The summed E-state index contributed by atoms with van der Waals surface area (Å²) in [6.45, 7) is 3.46. The molecule has 2 nitrogen and oxygen atoms in total. The Balaban J connectivity index is 2.34. The summed E-state index contributed by atoms with van der Waals surface area (Å²) < 4.78 is 18.7. The predicted octanol–water partition coefficient (Wildman–Crippen LogP) is 3.98. The smallest absolute Gasteiger partial charge is 0.133 e. The monoisotopic (exact) mass is 246 g/mol. The largest absolute Gasteiger partial charge is 0.457 e. The summed E-state index contributed by atoms with van der Waals surface area (Å²) >= 11 is 0. The predicted molar refractivity (Wildman–Crippen MR) is 68.3 cm³/mol. The number of para-hydroxylation sites is 1. The van der Waals surface area contributed by atoms with Crippen molar-refractivity contribution in [1.82, 2.24) is 0 Å². The van der Waals surface area contributed by atoms with Gasteiger partial charge < -0.3 is 9.84 Å². The fraction of sp³-hybridized carbons (Fsp3) is 0.200. The zero-order chi connectivity index (χ0) is 13.1. The van der Waals surface area contributed by atoms with Gasteiger partial charge in [-0.2, -0.15) is 0 Å². The van der Waals surface area contributed by atoms with Crippen LogP contribution in [0.1, 0.15) is 24.2 Å². The maximum Gasteiger partial charge on any atom is 0.133 e. The molecule has 0 aromatic heterocycles. The molecule has 18 heavy (non-hydrogen) atoms. The molecular weight excluding hydrogens is 231 g/mol. The lowest BCUT2D eigenvalue weighted by atomic mass is 10.1. The van der Waals surface area contributed by atoms with Crippen LogP contribution in [0.2, 0.25) is 0 Å². The van der Waals surface area contributed by atoms with E-state index in [4.69, 9.17) is 4.74 Å². The molecule has 0 heterocycles. The van der Waals surface area contributed by atoms with E-state index in [-0.39, 0.29) is 5.82 Å². The van der Waals surface area contributed by atoms with Crippen molar-refractivity contribution in [3.8, 4) is 11.5 Å². The average molecular weight is 246 g/mol. The quantitative estimate of drug-likeness (QED) is 0.887. The van der Waals surface area contributed by atoms with Gasteiger partial charge in [-0.05, 0) is 43.7 Å². The molecule has 3 heteroatoms. The zero-order valence-corrected chi connectivity index (χ0v) is 10.4. The number of aliphatic hydroxyl groups is 1. The third kappa shape index (κ3) is 2.68. The first-order valence-corrected chi connectivity index (χ1v) is 5.79. The maximum atomic E-state index is 13.0. The fourth-order valence-electron chi connectivity index (χ4n) is 1.76. The Morgan fingerprint density at radius 1 is 1.11 bits per heavy atom. The van der Waals surface area contributed by atoms with E-state index < -0.39 is 6.10 Å². The molecule has 0 unspecified atom stereocenters. The van der Waals surface area contributed by atoms with E-state index in [1.165, 1.54) is 12.1 Å². The highest BCUT2D eigenvalue weighted by molar-refractivity contribution is 5.41. The molecule has 2 rings (SSSR count). The lowest BCUT2D eigenvalue weighted by molar-refractivity contribution is 0.195. The van der Waals surface area contributed by atoms with Crippen LogP contribution < -0.4 is 4.74 Å². The minimum atomic E-state index is -0.609. The SMILES string of the molecule is Cc1cc(F)ccc1Oc1ccccc1[C@H](C)O. The number of ether oxygens (including phenoxy) is 1. The van der Waals surface area contributed by atoms with Gasteiger partial charge in [-0.25, -0.2) is 4.39 Å². The van der Waals surface area contributed by atoms with Crippen molar-refractivity contribution in [2.75, 3.05) is 0 Å². The number of aryl methyl sites for hydroxylation is 1. The Bertz CT molecular complexity index is 550. The first kappa shape index (κ1) is 12.6. The van der Waals surface area contributed by atoms with Gasteiger partial charge in [-0.15, -0.1) is 0 Å². The second-order valence-corrected chi connectivity index (χ2v) is 4.23. The van der Waals surface area contributed by atoms with Crippen LogP contribution in [0.25, 0.3) is 0 Å². The van der Waals surface area contributed by atoms with Crippen LogP contribution in [0.5, 0.6) is 11.5 Å². The molecule has 0 saturated carbocycles. The van der Waals surface area contributed by atoms with Crippen LogP contribution >= 0.6 is 0 Å². The van der Waals surface area contributed by atoms with E-state index >= 15 is 0 Å². The zero-order valence-electron chi connectivity index (χ0n) is 10.4. The minimum Gasteiger partial charge on any atom is -0.457 e. The minimum absolute atomic E-state index is 0.288. The van der Waals surface area contributed by atoms with Gasteiger partial charge in [0.1, 0.15) is 17.3 Å². The number of aliphatic hydroxyl groups excluding tert-OH is 1. The molecule has 0 radical (unpaired) electrons. The van der Waals surface area contributed by atoms with Gasteiger partial charge in [0.2, 0.25) is 0 Å². The molecule has 0 aliphatic carbocycles. The van der Waals surface area contributed by atoms with E-state index in [1.54, 1.807) is 32.0 Å². The van der Waals surface area contributed by atoms with Crippen molar-refractivity contribution < 1.29 is 14.2 Å². The van der Waals surface area contributed by atoms with Crippen molar-refractivity contribution in [2.45, 2.75) is 20.0 Å². The Morgan fingerprint density at radius 3 is 2.50 bits per heavy atom.